The molecule has 0 saturated carbocycles. The van der Waals surface area contributed by atoms with Gasteiger partial charge in [-0.25, -0.2) is 8.78 Å². The van der Waals surface area contributed by atoms with E-state index in [4.69, 9.17) is 0 Å². The maximum Gasteiger partial charge on any atom is 0.141 e. The molecule has 12 heavy (non-hydrogen) atoms. The lowest BCUT2D eigenvalue weighted by Crippen LogP contribution is -1.78. The van der Waals surface area contributed by atoms with Gasteiger partial charge in [0, 0.05) is 15.5 Å². The molecule has 3 heteroatoms. The van der Waals surface area contributed by atoms with Crippen molar-refractivity contribution in [3.8, 4) is 0 Å². The number of aryl methyl sites for hydroxylation is 1. The number of thiophene rings is 1. The molecule has 0 aliphatic heterocycles. The molecule has 1 aromatic heterocycles. The van der Waals surface area contributed by atoms with E-state index in [-0.39, 0.29) is 11.6 Å². The molecule has 0 aliphatic carbocycles. The molecule has 0 N–H and O–H groups in total. The highest BCUT2D eigenvalue weighted by molar-refractivity contribution is 7.17. The third-order valence-electron chi connectivity index (χ3n) is 1.78. The van der Waals surface area contributed by atoms with Crippen LogP contribution in [0.1, 0.15) is 5.56 Å². The summed E-state index contributed by atoms with van der Waals surface area (Å²) in [4.78, 5) is 0. The second-order valence-corrected chi connectivity index (χ2v) is 3.56. The van der Waals surface area contributed by atoms with Gasteiger partial charge in [0.2, 0.25) is 0 Å². The van der Waals surface area contributed by atoms with E-state index in [1.54, 1.807) is 6.92 Å². The molecule has 62 valence electrons. The number of rotatable bonds is 0. The van der Waals surface area contributed by atoms with Crippen LogP contribution in [-0.4, -0.2) is 0 Å². The monoisotopic (exact) mass is 184 g/mol. The second kappa shape index (κ2) is 2.52. The summed E-state index contributed by atoms with van der Waals surface area (Å²) in [5.74, 6) is -0.713. The molecule has 1 aromatic carbocycles. The van der Waals surface area contributed by atoms with E-state index in [1.165, 1.54) is 28.8 Å². The van der Waals surface area contributed by atoms with Crippen molar-refractivity contribution in [1.82, 2.24) is 0 Å². The summed E-state index contributed by atoms with van der Waals surface area (Å²) < 4.78 is 26.6. The third-order valence-corrected chi connectivity index (χ3v) is 2.88. The van der Waals surface area contributed by atoms with E-state index in [1.807, 2.05) is 0 Å². The molecular formula is C9H6F2S. The molecule has 0 spiro atoms. The van der Waals surface area contributed by atoms with E-state index >= 15 is 0 Å². The van der Waals surface area contributed by atoms with Crippen LogP contribution in [0.25, 0.3) is 10.1 Å². The lowest BCUT2D eigenvalue weighted by atomic mass is 10.2. The summed E-state index contributed by atoms with van der Waals surface area (Å²) in [7, 11) is 0. The molecule has 2 aromatic rings. The number of hydrogen-bond acceptors (Lipinski definition) is 1. The highest BCUT2D eigenvalue weighted by Gasteiger charge is 2.06. The fourth-order valence-electron chi connectivity index (χ4n) is 1.24. The van der Waals surface area contributed by atoms with Gasteiger partial charge in [-0.05, 0) is 24.6 Å². The van der Waals surface area contributed by atoms with Crippen LogP contribution in [0.4, 0.5) is 8.78 Å². The molecule has 0 aliphatic rings. The molecular weight excluding hydrogens is 178 g/mol. The van der Waals surface area contributed by atoms with Crippen LogP contribution in [0.5, 0.6) is 0 Å². The summed E-state index contributed by atoms with van der Waals surface area (Å²) in [6.45, 7) is 1.78. The molecule has 1 heterocycles. The fraction of sp³-hybridized carbons (Fsp3) is 0.111. The Morgan fingerprint density at radius 3 is 2.75 bits per heavy atom. The molecule has 0 radical (unpaired) electrons. The van der Waals surface area contributed by atoms with E-state index in [9.17, 15) is 8.78 Å². The molecule has 0 nitrogen and oxygen atoms in total. The van der Waals surface area contributed by atoms with Crippen LogP contribution in [0.2, 0.25) is 0 Å². The summed E-state index contributed by atoms with van der Waals surface area (Å²) in [5.41, 5.74) is 0.791. The maximum absolute atomic E-state index is 12.9. The first-order valence-electron chi connectivity index (χ1n) is 3.51. The van der Waals surface area contributed by atoms with Crippen LogP contribution < -0.4 is 0 Å². The maximum atomic E-state index is 12.9. The van der Waals surface area contributed by atoms with Crippen molar-refractivity contribution in [2.24, 2.45) is 0 Å². The van der Waals surface area contributed by atoms with Crippen molar-refractivity contribution in [1.29, 1.82) is 0 Å². The van der Waals surface area contributed by atoms with Crippen molar-refractivity contribution < 1.29 is 8.78 Å². The summed E-state index contributed by atoms with van der Waals surface area (Å²) in [6, 6.07) is 2.65. The Balaban J connectivity index is 2.92. The van der Waals surface area contributed by atoms with Gasteiger partial charge in [0.25, 0.3) is 0 Å². The molecule has 0 bridgehead atoms. The lowest BCUT2D eigenvalue weighted by molar-refractivity contribution is 0.622. The predicted molar refractivity (Wildman–Crippen MR) is 46.5 cm³/mol. The SMILES string of the molecule is Cc1cc(F)cc2c(F)csc12. The smallest absolute Gasteiger partial charge is 0.141 e. The van der Waals surface area contributed by atoms with Crippen LogP contribution in [-0.2, 0) is 0 Å². The van der Waals surface area contributed by atoms with Crippen LogP contribution in [0.3, 0.4) is 0 Å². The van der Waals surface area contributed by atoms with E-state index < -0.39 is 0 Å². The highest BCUT2D eigenvalue weighted by Crippen LogP contribution is 2.28. The van der Waals surface area contributed by atoms with Gasteiger partial charge in [0.1, 0.15) is 11.6 Å². The lowest BCUT2D eigenvalue weighted by Gasteiger charge is -1.95. The summed E-state index contributed by atoms with van der Waals surface area (Å²) in [5, 5.41) is 1.79. The molecule has 0 fully saturated rings. The number of fused-ring (bicyclic) bond motifs is 1. The fourth-order valence-corrected chi connectivity index (χ4v) is 2.11. The Labute approximate surface area is 72.4 Å². The molecule has 2 rings (SSSR count). The minimum Gasteiger partial charge on any atom is -0.207 e. The van der Waals surface area contributed by atoms with E-state index in [0.717, 1.165) is 10.3 Å². The van der Waals surface area contributed by atoms with Gasteiger partial charge >= 0.3 is 0 Å². The Morgan fingerprint density at radius 2 is 2.00 bits per heavy atom. The van der Waals surface area contributed by atoms with Crippen LogP contribution in [0, 0.1) is 18.6 Å². The second-order valence-electron chi connectivity index (χ2n) is 2.68. The van der Waals surface area contributed by atoms with Crippen molar-refractivity contribution in [2.45, 2.75) is 6.92 Å². The predicted octanol–water partition coefficient (Wildman–Crippen LogP) is 3.49. The molecule has 0 unspecified atom stereocenters. The van der Waals surface area contributed by atoms with Crippen molar-refractivity contribution in [3.63, 3.8) is 0 Å². The van der Waals surface area contributed by atoms with Gasteiger partial charge in [-0.3, -0.25) is 0 Å². The molecule has 0 amide bonds. The van der Waals surface area contributed by atoms with E-state index in [0.29, 0.717) is 5.39 Å². The number of hydrogen-bond donors (Lipinski definition) is 0. The van der Waals surface area contributed by atoms with Crippen molar-refractivity contribution >= 4 is 21.4 Å². The Hall–Kier alpha value is -0.960. The first-order valence-corrected chi connectivity index (χ1v) is 4.39. The minimum atomic E-state index is -0.377. The van der Waals surface area contributed by atoms with Gasteiger partial charge < -0.3 is 0 Å². The van der Waals surface area contributed by atoms with Gasteiger partial charge in [0.05, 0.1) is 0 Å². The Morgan fingerprint density at radius 1 is 1.25 bits per heavy atom. The average Bonchev–Trinajstić information content (AvgIpc) is 2.33. The largest absolute Gasteiger partial charge is 0.207 e. The minimum absolute atomic E-state index is 0.336. The topological polar surface area (TPSA) is 0 Å². The number of halogens is 2. The zero-order chi connectivity index (χ0) is 8.72. The van der Waals surface area contributed by atoms with Gasteiger partial charge in [-0.1, -0.05) is 0 Å². The van der Waals surface area contributed by atoms with Crippen molar-refractivity contribution in [3.05, 3.63) is 34.7 Å². The normalized spacial score (nSPS) is 10.9. The first kappa shape index (κ1) is 7.68. The average molecular weight is 184 g/mol. The third kappa shape index (κ3) is 1.01. The number of benzene rings is 1. The zero-order valence-electron chi connectivity index (χ0n) is 6.40. The highest BCUT2D eigenvalue weighted by atomic mass is 32.1. The molecule has 0 saturated heterocycles. The van der Waals surface area contributed by atoms with Crippen molar-refractivity contribution in [2.75, 3.05) is 0 Å². The standard InChI is InChI=1S/C9H6F2S/c1-5-2-6(10)3-7-8(11)4-12-9(5)7/h2-4H,1H3. The molecule has 0 atom stereocenters. The Bertz CT molecular complexity index is 431. The van der Waals surface area contributed by atoms with Gasteiger partial charge in [0.15, 0.2) is 0 Å². The van der Waals surface area contributed by atoms with Crippen LogP contribution in [0.15, 0.2) is 17.5 Å². The van der Waals surface area contributed by atoms with Gasteiger partial charge in [-0.2, -0.15) is 0 Å². The zero-order valence-corrected chi connectivity index (χ0v) is 7.21. The van der Waals surface area contributed by atoms with Crippen LogP contribution >= 0.6 is 11.3 Å². The summed E-state index contributed by atoms with van der Waals surface area (Å²) in [6.07, 6.45) is 0. The quantitative estimate of drug-likeness (QED) is 0.588. The Kier molecular flexibility index (Phi) is 1.61. The van der Waals surface area contributed by atoms with E-state index in [2.05, 4.69) is 0 Å². The van der Waals surface area contributed by atoms with Gasteiger partial charge in [-0.15, -0.1) is 11.3 Å². The first-order chi connectivity index (χ1) is 5.68. The summed E-state index contributed by atoms with van der Waals surface area (Å²) >= 11 is 1.31.